The quantitative estimate of drug-likeness (QED) is 0.212. The molecular formula is C28H84Pt14Y56. The largest absolute Gasteiger partial charge is 2.00 e. The van der Waals surface area contributed by atoms with Gasteiger partial charge in [0.1, 0.15) is 0 Å². The predicted octanol–water partition coefficient (Wildman–Crippen LogP) is 12.4. The first-order valence-electron chi connectivity index (χ1n) is 0. The molecule has 0 fully saturated rings. The molecule has 0 heterocycles. The zero-order chi connectivity index (χ0) is 0. The Hall–Kier alpha value is 71.5. The molecule has 0 aliphatic rings. The van der Waals surface area contributed by atoms with E-state index in [0.29, 0.717) is 0 Å². The van der Waals surface area contributed by atoms with E-state index in [2.05, 4.69) is 0 Å². The van der Waals surface area contributed by atoms with Crippen LogP contribution in [0.25, 0.3) is 0 Å². The van der Waals surface area contributed by atoms with Crippen molar-refractivity contribution in [2.24, 2.45) is 0 Å². The molecule has 0 aliphatic carbocycles. The minimum Gasteiger partial charge on any atom is -0.358 e. The zero-order valence-corrected chi connectivity index (χ0v) is 256. The van der Waals surface area contributed by atoms with E-state index in [1.54, 1.807) is 0 Å². The van der Waals surface area contributed by atoms with E-state index >= 15 is 0 Å². The summed E-state index contributed by atoms with van der Waals surface area (Å²) in [5.41, 5.74) is 0. The molecule has 0 aromatic heterocycles. The van der Waals surface area contributed by atoms with Gasteiger partial charge in [-0.25, -0.2) is 0 Å². The van der Waals surface area contributed by atoms with Gasteiger partial charge in [0.15, 0.2) is 0 Å². The molecule has 70 heteroatoms. The summed E-state index contributed by atoms with van der Waals surface area (Å²) in [5, 5.41) is 0. The Kier molecular flexibility index (Phi) is 8890. The van der Waals surface area contributed by atoms with Crippen molar-refractivity contribution in [2.75, 3.05) is 0 Å². The molecule has 0 saturated carbocycles. The van der Waals surface area contributed by atoms with Gasteiger partial charge in [-0.1, -0.05) is 0 Å². The summed E-state index contributed by atoms with van der Waals surface area (Å²) in [6.45, 7) is 0. The summed E-state index contributed by atoms with van der Waals surface area (Å²) in [5.74, 6) is 0. The summed E-state index contributed by atoms with van der Waals surface area (Å²) in [6, 6.07) is 0. The Morgan fingerprint density at radius 1 is 0.0306 bits per heavy atom. The standard InChI is InChI=1S/28CH3.14Pt.56Y/h28*1H3;;;;;;;;;;;;;;;;;;;;;;;;;;;;;;;;;;;;;;;;;;;;;;;;;;;;;;;;;;;;;;;;;;;;;;/q28*-1;14*+2;;;;;;;;;;;;;;;;;;;;;;;;;;;;;;;;;;;;;;;;;;;;;;;;;;;;;;;;. The monoisotopic (exact) mass is 8130 g/mol. The molecule has 0 aromatic rings. The third-order valence-electron chi connectivity index (χ3n) is 0. The summed E-state index contributed by atoms with van der Waals surface area (Å²) < 4.78 is 0. The van der Waals surface area contributed by atoms with Crippen LogP contribution in [0.3, 0.4) is 0 Å². The molecular weight excluding hydrogens is 8050 g/mol. The molecule has 0 N–H and O–H groups in total. The van der Waals surface area contributed by atoms with E-state index in [4.69, 9.17) is 0 Å². The second-order valence-corrected chi connectivity index (χ2v) is 0. The van der Waals surface area contributed by atoms with Gasteiger partial charge in [0.2, 0.25) is 0 Å². The Bertz CT molecular complexity index is 135. The van der Waals surface area contributed by atoms with Crippen LogP contribution in [0.15, 0.2) is 0 Å². The van der Waals surface area contributed by atoms with Crippen molar-refractivity contribution in [3.63, 3.8) is 0 Å². The van der Waals surface area contributed by atoms with Crippen molar-refractivity contribution in [2.45, 2.75) is 0 Å². The van der Waals surface area contributed by atoms with Crippen LogP contribution >= 0.6 is 0 Å². The summed E-state index contributed by atoms with van der Waals surface area (Å²) in [6.07, 6.45) is 0. The molecule has 0 rings (SSSR count). The van der Waals surface area contributed by atoms with Crippen molar-refractivity contribution in [3.05, 3.63) is 208 Å². The Morgan fingerprint density at radius 3 is 0.0306 bits per heavy atom. The fraction of sp³-hybridized carbons (Fsp3) is 0. The Labute approximate surface area is 2250 Å². The van der Waals surface area contributed by atoms with Gasteiger partial charge in [-0.15, -0.1) is 0 Å². The molecule has 0 bridgehead atoms. The van der Waals surface area contributed by atoms with E-state index in [1.165, 1.54) is 0 Å². The van der Waals surface area contributed by atoms with Gasteiger partial charge in [-0.2, -0.15) is 0 Å². The molecule has 0 atom stereocenters. The average Bonchev–Trinajstić information content (AvgIpc) is 0. The van der Waals surface area contributed by atoms with Crippen molar-refractivity contribution in [3.8, 4) is 0 Å². The van der Waals surface area contributed by atoms with Gasteiger partial charge >= 0.3 is 295 Å². The van der Waals surface area contributed by atoms with Gasteiger partial charge in [-0.05, 0) is 0 Å². The fourth-order valence-electron chi connectivity index (χ4n) is 0. The van der Waals surface area contributed by atoms with Gasteiger partial charge < -0.3 is 208 Å². The van der Waals surface area contributed by atoms with Crippen LogP contribution < -0.4 is 0 Å². The van der Waals surface area contributed by atoms with Gasteiger partial charge in [0.25, 0.3) is 0 Å². The maximum absolute atomic E-state index is 0. The van der Waals surface area contributed by atoms with Gasteiger partial charge in [0.05, 0.1) is 0 Å². The molecule has 0 amide bonds. The maximum atomic E-state index is 0. The molecule has 56 radical (unpaired) electrons. The smallest absolute Gasteiger partial charge is 0.358 e. The molecule has 504 valence electrons. The van der Waals surface area contributed by atoms with Crippen LogP contribution in [-0.4, -0.2) is 0 Å². The average molecular weight is 8130 g/mol. The normalized spacial score (nSPS) is 0. The second-order valence-electron chi connectivity index (χ2n) is 0. The molecule has 0 aliphatic heterocycles. The van der Waals surface area contributed by atoms with E-state index < -0.39 is 0 Å². The minimum atomic E-state index is 0. The first kappa shape index (κ1) is 942. The Morgan fingerprint density at radius 2 is 0.0306 bits per heavy atom. The first-order valence-corrected chi connectivity index (χ1v) is 0. The second kappa shape index (κ2) is 925. The van der Waals surface area contributed by atoms with E-state index in [0.717, 1.165) is 0 Å². The fourth-order valence-corrected chi connectivity index (χ4v) is 0. The first-order chi connectivity index (χ1) is 0. The third-order valence-corrected chi connectivity index (χ3v) is 0. The van der Waals surface area contributed by atoms with Crippen LogP contribution in [0.4, 0.5) is 0 Å². The third kappa shape index (κ3) is 909. The van der Waals surface area contributed by atoms with Crippen LogP contribution in [0, 0.1) is 208 Å². The Balaban J connectivity index is 0. The van der Waals surface area contributed by atoms with Crippen LogP contribution in [0.1, 0.15) is 0 Å². The SMILES string of the molecule is [CH3-].[CH3-].[CH3-].[CH3-].[CH3-].[CH3-].[CH3-].[CH3-].[CH3-].[CH3-].[CH3-].[CH3-].[CH3-].[CH3-].[CH3-].[CH3-].[CH3-].[CH3-].[CH3-].[CH3-].[CH3-].[CH3-].[CH3-].[CH3-].[CH3-].[CH3-].[CH3-].[CH3-].[Pt+2].[Pt+2].[Pt+2].[Pt+2].[Pt+2].[Pt+2].[Pt+2].[Pt+2].[Pt+2].[Pt+2].[Pt+2].[Pt+2].[Pt+2].[Pt+2].[Y].[Y].[Y].[Y].[Y].[Y].[Y].[Y].[Y].[Y].[Y].[Y].[Y].[Y].[Y].[Y].[Y].[Y].[Y].[Y].[Y].[Y].[Y].[Y].[Y].[Y].[Y].[Y].[Y].[Y].[Y].[Y].[Y].[Y].[Y].[Y].[Y].[Y].[Y].[Y].[Y].[Y].[Y].[Y].[Y].[Y].[Y].[Y].[Y].[Y].[Y].[Y].[Y].[Y].[Y].[Y]. The van der Waals surface area contributed by atoms with E-state index in [9.17, 15) is 0 Å². The topological polar surface area (TPSA) is 0 Å². The number of rotatable bonds is 0. The molecule has 0 spiro atoms. The van der Waals surface area contributed by atoms with Crippen molar-refractivity contribution in [1.29, 1.82) is 0 Å². The summed E-state index contributed by atoms with van der Waals surface area (Å²) in [7, 11) is 0. The van der Waals surface area contributed by atoms with Crippen molar-refractivity contribution >= 4 is 0 Å². The van der Waals surface area contributed by atoms with E-state index in [1.807, 2.05) is 0 Å². The number of hydrogen-bond acceptors (Lipinski definition) is 0. The van der Waals surface area contributed by atoms with Crippen LogP contribution in [-0.2, 0) is 2130 Å². The van der Waals surface area contributed by atoms with Gasteiger partial charge in [-0.3, -0.25) is 0 Å². The maximum Gasteiger partial charge on any atom is 2.00 e. The van der Waals surface area contributed by atoms with Crippen LogP contribution in [0.5, 0.6) is 0 Å². The van der Waals surface area contributed by atoms with Gasteiger partial charge in [0, 0.05) is 1830 Å². The summed E-state index contributed by atoms with van der Waals surface area (Å²) in [4.78, 5) is 0. The number of hydrogen-bond donors (Lipinski definition) is 0. The molecule has 98 heavy (non-hydrogen) atoms. The molecule has 0 aromatic carbocycles. The van der Waals surface area contributed by atoms with E-state index in [-0.39, 0.29) is 2330 Å². The summed E-state index contributed by atoms with van der Waals surface area (Å²) >= 11 is 0. The zero-order valence-electron chi connectivity index (χ0n) is 64.8. The predicted molar refractivity (Wildman–Crippen MR) is 180 cm³/mol. The van der Waals surface area contributed by atoms with Crippen molar-refractivity contribution in [1.82, 2.24) is 0 Å². The molecule has 0 nitrogen and oxygen atoms in total. The van der Waals surface area contributed by atoms with Crippen LogP contribution in [0.2, 0.25) is 0 Å². The molecule has 0 unspecified atom stereocenters. The minimum absolute atomic E-state index is 0. The van der Waals surface area contributed by atoms with Crippen molar-refractivity contribution < 1.29 is 2130 Å². The molecule has 0 saturated heterocycles.